The quantitative estimate of drug-likeness (QED) is 0.137. The van der Waals surface area contributed by atoms with E-state index in [0.717, 1.165) is 18.4 Å². The summed E-state index contributed by atoms with van der Waals surface area (Å²) in [4.78, 5) is 71.4. The number of carbonyl (C=O) groups is 5. The van der Waals surface area contributed by atoms with E-state index in [2.05, 4.69) is 0 Å². The number of rotatable bonds is 9. The molecule has 0 spiro atoms. The summed E-state index contributed by atoms with van der Waals surface area (Å²) in [6.45, 7) is 13.0. The molecular weight excluding hydrogens is 875 g/mol. The summed E-state index contributed by atoms with van der Waals surface area (Å²) in [5.74, 6) is -8.17. The van der Waals surface area contributed by atoms with Gasteiger partial charge in [-0.3, -0.25) is 24.0 Å². The fourth-order valence-corrected chi connectivity index (χ4v) is 10.5. The molecule has 1 amide bonds. The Morgan fingerprint density at radius 2 is 1.60 bits per heavy atom. The number of aliphatic hydroxyl groups excluding tert-OH is 2. The van der Waals surface area contributed by atoms with Gasteiger partial charge in [-0.15, -0.1) is 0 Å². The summed E-state index contributed by atoms with van der Waals surface area (Å²) < 4.78 is 35.5. The molecule has 3 aliphatic heterocycles. The topological polar surface area (TPSA) is 205 Å². The number of Topliss-reactive ketones (excluding diaryl/α,β-unsaturated/α-hetero) is 3. The second kappa shape index (κ2) is 27.3. The zero-order valence-electron chi connectivity index (χ0n) is 42.4. The molecule has 2 saturated heterocycles. The van der Waals surface area contributed by atoms with Crippen molar-refractivity contribution in [1.29, 1.82) is 0 Å². The third-order valence-corrected chi connectivity index (χ3v) is 14.9. The smallest absolute Gasteiger partial charge is 0.311 e. The molecule has 0 aromatic carbocycles. The van der Waals surface area contributed by atoms with Crippen molar-refractivity contribution in [3.63, 3.8) is 0 Å². The van der Waals surface area contributed by atoms with Gasteiger partial charge in [-0.25, -0.2) is 0 Å². The van der Waals surface area contributed by atoms with E-state index in [1.165, 1.54) is 12.0 Å². The first-order valence-corrected chi connectivity index (χ1v) is 25.0. The fraction of sp³-hybridized carbons (Fsp3) is 0.755. The lowest BCUT2D eigenvalue weighted by Gasteiger charge is -2.42. The number of aliphatic hydroxyl groups is 3. The molecule has 1 unspecified atom stereocenters. The Morgan fingerprint density at radius 1 is 0.868 bits per heavy atom. The predicted octanol–water partition coefficient (Wildman–Crippen LogP) is 6.05. The van der Waals surface area contributed by atoms with E-state index >= 15 is 0 Å². The molecule has 3 fully saturated rings. The number of methoxy groups -OCH3 is 3. The molecule has 15 heteroatoms. The third-order valence-electron chi connectivity index (χ3n) is 14.9. The fourth-order valence-electron chi connectivity index (χ4n) is 10.5. The highest BCUT2D eigenvalue weighted by atomic mass is 16.6. The molecule has 68 heavy (non-hydrogen) atoms. The number of piperidine rings is 1. The van der Waals surface area contributed by atoms with Gasteiger partial charge in [0.15, 0.2) is 5.78 Å². The Bertz CT molecular complexity index is 1810. The molecule has 15 nitrogen and oxygen atoms in total. The van der Waals surface area contributed by atoms with Gasteiger partial charge in [-0.05, 0) is 101 Å². The van der Waals surface area contributed by atoms with E-state index in [0.29, 0.717) is 56.9 Å². The first-order chi connectivity index (χ1) is 32.3. The first-order valence-electron chi connectivity index (χ1n) is 25.0. The van der Waals surface area contributed by atoms with Gasteiger partial charge in [0.25, 0.3) is 11.7 Å². The van der Waals surface area contributed by atoms with E-state index < -0.39 is 77.6 Å². The van der Waals surface area contributed by atoms with Crippen LogP contribution in [0.25, 0.3) is 0 Å². The summed E-state index contributed by atoms with van der Waals surface area (Å²) in [7, 11) is 4.60. The molecule has 15 atom stereocenters. The van der Waals surface area contributed by atoms with E-state index in [1.54, 1.807) is 41.1 Å². The van der Waals surface area contributed by atoms with Crippen LogP contribution in [0, 0.1) is 41.4 Å². The Balaban J connectivity index is 1.65. The minimum absolute atomic E-state index is 0.0157. The van der Waals surface area contributed by atoms with Crippen LogP contribution in [0.4, 0.5) is 0 Å². The number of esters is 1. The molecular formula is C53H83NO14. The van der Waals surface area contributed by atoms with Crippen molar-refractivity contribution in [3.8, 4) is 0 Å². The van der Waals surface area contributed by atoms with E-state index in [4.69, 9.17) is 28.4 Å². The number of ketones is 3. The molecule has 1 aliphatic carbocycles. The first kappa shape index (κ1) is 57.2. The molecule has 3 N–H and O–H groups in total. The monoisotopic (exact) mass is 958 g/mol. The van der Waals surface area contributed by atoms with Crippen LogP contribution in [0.5, 0.6) is 0 Å². The van der Waals surface area contributed by atoms with Gasteiger partial charge in [0.1, 0.15) is 24.1 Å². The van der Waals surface area contributed by atoms with Crippen molar-refractivity contribution < 1.29 is 67.7 Å². The highest BCUT2D eigenvalue weighted by molar-refractivity contribution is 6.38. The maximum Gasteiger partial charge on any atom is 0.311 e. The molecule has 0 aromatic heterocycles. The standard InChI is InChI=1S/C53H83NO14/c1-32-15-12-11-13-16-33(2)44(63-8)29-41-20-18-38(7)53(62,68-41)50(59)51(60)54-22-14-17-40(31-54)52(61)67-45(35(4)27-39-19-21-43(66-24-23-55)46(28-39)64-9)30-42(56)34(3)26-37(6)48(58)49(65-10)47(57)36(5)25-32/h11-13,15-16,26,32,34-36,38-41,43-46,48-49,55,58,62H,14,17-25,27-31H2,1-10H3/b13-11+,15-12+,33-16+,37-26+/t32-,34-,35-,36-,38-,39+,40?,41+,43-,44+,45+,46-,48-,49+,53-/m1/s1. The van der Waals surface area contributed by atoms with Crippen molar-refractivity contribution >= 4 is 29.2 Å². The van der Waals surface area contributed by atoms with E-state index in [9.17, 15) is 39.3 Å². The normalized spacial score (nSPS) is 39.2. The average Bonchev–Trinajstić information content (AvgIpc) is 3.32. The molecule has 4 rings (SSSR count). The highest BCUT2D eigenvalue weighted by Crippen LogP contribution is 2.38. The average molecular weight is 958 g/mol. The largest absolute Gasteiger partial charge is 0.461 e. The number of nitrogens with zero attached hydrogens (tertiary/aromatic N) is 1. The number of allylic oxidation sites excluding steroid dienone is 6. The molecule has 0 radical (unpaired) electrons. The Hall–Kier alpha value is -3.41. The van der Waals surface area contributed by atoms with Crippen molar-refractivity contribution in [2.75, 3.05) is 47.6 Å². The Kier molecular flexibility index (Phi) is 22.9. The lowest BCUT2D eigenvalue weighted by atomic mass is 9.78. The van der Waals surface area contributed by atoms with Crippen molar-refractivity contribution in [3.05, 3.63) is 47.6 Å². The maximum absolute atomic E-state index is 14.2. The van der Waals surface area contributed by atoms with Gasteiger partial charge in [0, 0.05) is 65.0 Å². The van der Waals surface area contributed by atoms with Crippen molar-refractivity contribution in [2.45, 2.75) is 168 Å². The summed E-state index contributed by atoms with van der Waals surface area (Å²) in [5, 5.41) is 32.6. The van der Waals surface area contributed by atoms with E-state index in [1.807, 2.05) is 58.1 Å². The molecule has 4 aliphatic rings. The minimum atomic E-state index is -2.37. The summed E-state index contributed by atoms with van der Waals surface area (Å²) in [6.07, 6.45) is 11.9. The van der Waals surface area contributed by atoms with Crippen LogP contribution in [-0.4, -0.2) is 146 Å². The Labute approximate surface area is 405 Å². The van der Waals surface area contributed by atoms with Gasteiger partial charge < -0.3 is 48.6 Å². The number of amides is 1. The van der Waals surface area contributed by atoms with Crippen LogP contribution in [-0.2, 0) is 52.4 Å². The van der Waals surface area contributed by atoms with Crippen LogP contribution in [0.1, 0.15) is 119 Å². The maximum atomic E-state index is 14.2. The Morgan fingerprint density at radius 3 is 2.28 bits per heavy atom. The number of cyclic esters (lactones) is 1. The van der Waals surface area contributed by atoms with Gasteiger partial charge in [0.2, 0.25) is 5.79 Å². The van der Waals surface area contributed by atoms with E-state index in [-0.39, 0.29) is 74.3 Å². The van der Waals surface area contributed by atoms with Gasteiger partial charge in [-0.1, -0.05) is 71.1 Å². The van der Waals surface area contributed by atoms with Crippen LogP contribution in [0.15, 0.2) is 47.6 Å². The van der Waals surface area contributed by atoms with Crippen LogP contribution in [0.3, 0.4) is 0 Å². The second-order valence-corrected chi connectivity index (χ2v) is 20.2. The number of carbonyl (C=O) groups excluding carboxylic acids is 5. The van der Waals surface area contributed by atoms with Crippen LogP contribution in [0.2, 0.25) is 0 Å². The lowest BCUT2D eigenvalue weighted by molar-refractivity contribution is -0.265. The molecule has 3 heterocycles. The predicted molar refractivity (Wildman–Crippen MR) is 256 cm³/mol. The van der Waals surface area contributed by atoms with Crippen LogP contribution >= 0.6 is 0 Å². The molecule has 1 saturated carbocycles. The van der Waals surface area contributed by atoms with Crippen LogP contribution < -0.4 is 0 Å². The molecule has 0 aromatic rings. The van der Waals surface area contributed by atoms with Gasteiger partial charge in [-0.2, -0.15) is 0 Å². The number of fused-ring (bicyclic) bond motifs is 4. The lowest BCUT2D eigenvalue weighted by Crippen LogP contribution is -2.59. The number of ether oxygens (including phenoxy) is 6. The van der Waals surface area contributed by atoms with Gasteiger partial charge in [0.05, 0.1) is 43.5 Å². The zero-order chi connectivity index (χ0) is 50.3. The highest BCUT2D eigenvalue weighted by Gasteiger charge is 2.52. The summed E-state index contributed by atoms with van der Waals surface area (Å²) in [6, 6.07) is 0. The summed E-state index contributed by atoms with van der Waals surface area (Å²) >= 11 is 0. The van der Waals surface area contributed by atoms with Crippen molar-refractivity contribution in [2.24, 2.45) is 41.4 Å². The minimum Gasteiger partial charge on any atom is -0.461 e. The zero-order valence-corrected chi connectivity index (χ0v) is 42.4. The summed E-state index contributed by atoms with van der Waals surface area (Å²) in [5.41, 5.74) is 1.29. The SMILES string of the molecule is CO[C@H]1C[C@@H]2CC[C@@H](C)[C@@](O)(O2)C(=O)C(=O)N2CCCC(C2)C(=O)O[C@H]([C@H](C)C[C@@H]2CC[C@@H](OCCO)[C@H](OC)C2)CC(=O)[C@H](C)/C=C(\C)[C@@H](O)[C@@H](OC)C(=O)[C@H](C)C[C@H](C)/C=C/C=C/C=C/1C. The third kappa shape index (κ3) is 15.5. The molecule has 4 bridgehead atoms. The van der Waals surface area contributed by atoms with Crippen molar-refractivity contribution in [1.82, 2.24) is 4.90 Å². The number of hydrogen-bond acceptors (Lipinski definition) is 14. The number of hydrogen-bond donors (Lipinski definition) is 3. The molecule has 384 valence electrons. The van der Waals surface area contributed by atoms with Gasteiger partial charge >= 0.3 is 5.97 Å². The second-order valence-electron chi connectivity index (χ2n) is 20.2.